The summed E-state index contributed by atoms with van der Waals surface area (Å²) >= 11 is 1.19. The van der Waals surface area contributed by atoms with Crippen LogP contribution in [-0.4, -0.2) is 180 Å². The van der Waals surface area contributed by atoms with E-state index in [2.05, 4.69) is 31.9 Å². The number of nitrogens with one attached hydrogen (secondary N) is 6. The molecule has 1 saturated heterocycles. The van der Waals surface area contributed by atoms with Crippen molar-refractivity contribution in [2.75, 3.05) is 18.9 Å². The number of thioether (sulfide) groups is 1. The largest absolute Gasteiger partial charge is 0.481 e. The van der Waals surface area contributed by atoms with E-state index in [1.165, 1.54) is 11.8 Å². The monoisotopic (exact) mass is 1180 g/mol. The highest BCUT2D eigenvalue weighted by Gasteiger charge is 2.43. The fourth-order valence-corrected chi connectivity index (χ4v) is 10.0. The van der Waals surface area contributed by atoms with E-state index in [1.54, 1.807) is 98.8 Å². The number of carbonyl (C=O) groups excluding carboxylic acids is 7. The third kappa shape index (κ3) is 23.5. The summed E-state index contributed by atoms with van der Waals surface area (Å²) in [5.41, 5.74) is 7.17. The Morgan fingerprint density at radius 2 is 1.06 bits per heavy atom. The van der Waals surface area contributed by atoms with Crippen molar-refractivity contribution in [1.29, 1.82) is 0 Å². The van der Waals surface area contributed by atoms with Gasteiger partial charge in [0.2, 0.25) is 35.4 Å². The van der Waals surface area contributed by atoms with E-state index in [0.717, 1.165) is 5.56 Å². The zero-order valence-corrected chi connectivity index (χ0v) is 47.0. The van der Waals surface area contributed by atoms with Crippen LogP contribution in [0.2, 0.25) is 0 Å². The van der Waals surface area contributed by atoms with Crippen LogP contribution in [-0.2, 0) is 67.2 Å². The number of aliphatic hydroxyl groups is 4. The molecule has 0 spiro atoms. The molecule has 3 aromatic carbocycles. The standard InChI is InChI=1S/C57H77N7O18S/c1-32(2)27-42(56(80)81)64-52(76)38(20-23-46(68)69)61-55(79)41(30-47(70)71)63-51(75)37(15-9-10-25-58)60-54(78)40(29-35-13-7-4-8-14-35)62-53(77)39(28-34-11-5-3-6-12-34)59-45(67)22-21-43(66)36-18-16-33(17-19-36)24-26-83-57-50(74)49(73)48(72)44(31-65)82-57/h3-8,11-14,16-19,32,37-42,44,48-50,57,65,72-74H,9-10,15,20-31,58H2,1-2H3,(H,59,67)(H,60,78)(H,61,79)(H,62,77)(H,63,75)(H,64,76)(H,68,69)(H,70,71)(H,80,81). The van der Waals surface area contributed by atoms with Gasteiger partial charge in [-0.3, -0.25) is 43.2 Å². The molecule has 1 aliphatic heterocycles. The molecule has 11 atom stereocenters. The Kier molecular flexibility index (Phi) is 28.7. The lowest BCUT2D eigenvalue weighted by Gasteiger charge is -2.39. The van der Waals surface area contributed by atoms with Crippen LogP contribution in [0.5, 0.6) is 0 Å². The number of unbranched alkanes of at least 4 members (excludes halogenated alkanes) is 1. The first-order chi connectivity index (χ1) is 39.5. The minimum atomic E-state index is -1.92. The summed E-state index contributed by atoms with van der Waals surface area (Å²) in [6, 6.07) is 14.5. The number of carbonyl (C=O) groups is 10. The lowest BCUT2D eigenvalue weighted by molar-refractivity contribution is -0.205. The van der Waals surface area contributed by atoms with Crippen molar-refractivity contribution < 1.29 is 88.4 Å². The number of amides is 6. The molecule has 15 N–H and O–H groups in total. The molecule has 454 valence electrons. The van der Waals surface area contributed by atoms with E-state index in [-0.39, 0.29) is 63.2 Å². The number of aliphatic carboxylic acids is 3. The van der Waals surface area contributed by atoms with Gasteiger partial charge in [0.1, 0.15) is 66.1 Å². The van der Waals surface area contributed by atoms with Gasteiger partial charge >= 0.3 is 17.9 Å². The van der Waals surface area contributed by atoms with Crippen LogP contribution in [0.15, 0.2) is 84.9 Å². The van der Waals surface area contributed by atoms with Gasteiger partial charge in [-0.1, -0.05) is 98.8 Å². The molecular weight excluding hydrogens is 1100 g/mol. The van der Waals surface area contributed by atoms with E-state index in [1.807, 2.05) is 0 Å². The third-order valence-corrected chi connectivity index (χ3v) is 14.6. The maximum absolute atomic E-state index is 14.5. The highest BCUT2D eigenvalue weighted by molar-refractivity contribution is 7.99. The fraction of sp³-hybridized carbons (Fsp3) is 0.509. The highest BCUT2D eigenvalue weighted by atomic mass is 32.2. The van der Waals surface area contributed by atoms with Gasteiger partial charge in [-0.2, -0.15) is 0 Å². The molecule has 0 bridgehead atoms. The minimum Gasteiger partial charge on any atom is -0.481 e. The van der Waals surface area contributed by atoms with Gasteiger partial charge in [0, 0.05) is 37.7 Å². The molecule has 4 rings (SSSR count). The zero-order valence-electron chi connectivity index (χ0n) is 46.2. The molecule has 1 aliphatic rings. The molecule has 3 aromatic rings. The number of nitrogens with two attached hydrogens (primary N) is 1. The van der Waals surface area contributed by atoms with Crippen molar-refractivity contribution in [3.8, 4) is 0 Å². The second kappa shape index (κ2) is 35.0. The van der Waals surface area contributed by atoms with Crippen molar-refractivity contribution in [1.82, 2.24) is 31.9 Å². The summed E-state index contributed by atoms with van der Waals surface area (Å²) in [4.78, 5) is 133. The molecule has 11 unspecified atom stereocenters. The minimum absolute atomic E-state index is 0.0223. The van der Waals surface area contributed by atoms with Gasteiger partial charge < -0.3 is 78.1 Å². The smallest absolute Gasteiger partial charge is 0.326 e. The summed E-state index contributed by atoms with van der Waals surface area (Å²) in [6.07, 6.45) is -7.50. The maximum atomic E-state index is 14.5. The quantitative estimate of drug-likeness (QED) is 0.0263. The molecule has 83 heavy (non-hydrogen) atoms. The first-order valence-electron chi connectivity index (χ1n) is 27.3. The fourth-order valence-electron chi connectivity index (χ4n) is 8.85. The predicted molar refractivity (Wildman–Crippen MR) is 301 cm³/mol. The van der Waals surface area contributed by atoms with Crippen molar-refractivity contribution in [2.45, 2.75) is 157 Å². The molecule has 0 aromatic heterocycles. The predicted octanol–water partition coefficient (Wildman–Crippen LogP) is -0.281. The Labute approximate surface area is 484 Å². The van der Waals surface area contributed by atoms with Gasteiger partial charge in [-0.05, 0) is 73.4 Å². The molecule has 25 nitrogen and oxygen atoms in total. The number of rotatable bonds is 36. The molecule has 1 heterocycles. The number of aliphatic hydroxyl groups excluding tert-OH is 4. The number of hydrogen-bond acceptors (Lipinski definition) is 17. The Bertz CT molecular complexity index is 2630. The van der Waals surface area contributed by atoms with Crippen molar-refractivity contribution >= 4 is 70.9 Å². The summed E-state index contributed by atoms with van der Waals surface area (Å²) in [5, 5.41) is 83.8. The Morgan fingerprint density at radius 3 is 1.58 bits per heavy atom. The molecule has 0 aliphatic carbocycles. The molecule has 26 heteroatoms. The topological polar surface area (TPSA) is 420 Å². The van der Waals surface area contributed by atoms with Gasteiger partial charge in [-0.15, -0.1) is 11.8 Å². The Balaban J connectivity index is 1.50. The van der Waals surface area contributed by atoms with Crippen LogP contribution in [0, 0.1) is 5.92 Å². The SMILES string of the molecule is CC(C)CC(NC(=O)C(CCC(=O)O)NC(=O)C(CC(=O)O)NC(=O)C(CCCCN)NC(=O)C(Cc1ccccc1)NC(=O)C(Cc1ccccc1)NC(=O)CCC(=O)c1ccc(CCSC2OC(CO)C(O)C(O)C2O)cc1)C(=O)O. The first kappa shape index (κ1) is 68.2. The van der Waals surface area contributed by atoms with Crippen LogP contribution >= 0.6 is 11.8 Å². The lowest BCUT2D eigenvalue weighted by Crippen LogP contribution is -2.60. The van der Waals surface area contributed by atoms with Crippen LogP contribution < -0.4 is 37.6 Å². The Hall–Kier alpha value is -7.33. The lowest BCUT2D eigenvalue weighted by atomic mass is 10.0. The average molecular weight is 1180 g/mol. The number of hydrogen-bond donors (Lipinski definition) is 14. The summed E-state index contributed by atoms with van der Waals surface area (Å²) < 4.78 is 5.55. The number of aryl methyl sites for hydroxylation is 1. The Morgan fingerprint density at radius 1 is 0.554 bits per heavy atom. The van der Waals surface area contributed by atoms with Gasteiger partial charge in [0.05, 0.1) is 13.0 Å². The maximum Gasteiger partial charge on any atom is 0.326 e. The first-order valence-corrected chi connectivity index (χ1v) is 28.3. The number of ether oxygens (including phenoxy) is 1. The van der Waals surface area contributed by atoms with Crippen LogP contribution in [0.4, 0.5) is 0 Å². The second-order valence-corrected chi connectivity index (χ2v) is 21.7. The number of ketones is 1. The van der Waals surface area contributed by atoms with E-state index < -0.39 is 145 Å². The van der Waals surface area contributed by atoms with Gasteiger partial charge in [0.15, 0.2) is 5.78 Å². The van der Waals surface area contributed by atoms with Crippen molar-refractivity contribution in [3.05, 3.63) is 107 Å². The average Bonchev–Trinajstić information content (AvgIpc) is 3.62. The zero-order chi connectivity index (χ0) is 61.2. The summed E-state index contributed by atoms with van der Waals surface area (Å²) in [7, 11) is 0. The van der Waals surface area contributed by atoms with E-state index in [9.17, 15) is 83.7 Å². The number of Topliss-reactive ketones (excluding diaryl/α,β-unsaturated/α-hetero) is 1. The highest BCUT2D eigenvalue weighted by Crippen LogP contribution is 2.29. The molecular formula is C57H77N7O18S. The van der Waals surface area contributed by atoms with Crippen molar-refractivity contribution in [2.24, 2.45) is 11.7 Å². The number of carboxylic acids is 3. The molecule has 6 amide bonds. The third-order valence-electron chi connectivity index (χ3n) is 13.4. The second-order valence-electron chi connectivity index (χ2n) is 20.5. The summed E-state index contributed by atoms with van der Waals surface area (Å²) in [6.45, 7) is 3.03. The molecule has 1 fully saturated rings. The normalized spacial score (nSPS) is 18.9. The van der Waals surface area contributed by atoms with Crippen LogP contribution in [0.1, 0.15) is 98.7 Å². The molecule has 0 radical (unpaired) electrons. The number of carboxylic acid groups (broad SMARTS) is 3. The van der Waals surface area contributed by atoms with E-state index >= 15 is 0 Å². The van der Waals surface area contributed by atoms with E-state index in [0.29, 0.717) is 35.3 Å². The van der Waals surface area contributed by atoms with Crippen molar-refractivity contribution in [3.63, 3.8) is 0 Å². The molecule has 0 saturated carbocycles. The number of benzene rings is 3. The van der Waals surface area contributed by atoms with Gasteiger partial charge in [0.25, 0.3) is 0 Å². The van der Waals surface area contributed by atoms with E-state index in [4.69, 9.17) is 10.5 Å². The summed E-state index contributed by atoms with van der Waals surface area (Å²) in [5.74, 6) is -10.2. The van der Waals surface area contributed by atoms with Gasteiger partial charge in [-0.25, -0.2) is 4.79 Å². The van der Waals surface area contributed by atoms with Crippen LogP contribution in [0.3, 0.4) is 0 Å². The van der Waals surface area contributed by atoms with Crippen LogP contribution in [0.25, 0.3) is 0 Å².